The van der Waals surface area contributed by atoms with Gasteiger partial charge < -0.3 is 27.2 Å². The lowest BCUT2D eigenvalue weighted by atomic mass is 9.89. The van der Waals surface area contributed by atoms with Crippen molar-refractivity contribution in [2.24, 2.45) is 5.73 Å². The number of nitrogen functional groups attached to an aromatic ring is 1. The van der Waals surface area contributed by atoms with Gasteiger partial charge in [-0.2, -0.15) is 4.98 Å². The molecular weight excluding hydrogens is 592 g/mol. The van der Waals surface area contributed by atoms with Crippen LogP contribution in [-0.2, 0) is 26.0 Å². The Labute approximate surface area is 251 Å². The number of carbonyl (C=O) groups is 3. The number of aryl methyl sites for hydroxylation is 1. The Bertz CT molecular complexity index is 1880. The van der Waals surface area contributed by atoms with Crippen LogP contribution in [0.4, 0.5) is 11.6 Å². The van der Waals surface area contributed by atoms with Gasteiger partial charge in [-0.3, -0.25) is 19.4 Å². The van der Waals surface area contributed by atoms with Crippen molar-refractivity contribution in [3.05, 3.63) is 81.9 Å². The number of carboxylic acid groups (broad SMARTS) is 1. The summed E-state index contributed by atoms with van der Waals surface area (Å²) in [4.78, 5) is 63.9. The average Bonchev–Trinajstić information content (AvgIpc) is 2.98. The molecule has 0 aliphatic carbocycles. The molecule has 8 N–H and O–H groups in total. The maximum atomic E-state index is 13.2. The van der Waals surface area contributed by atoms with Crippen LogP contribution in [-0.4, -0.2) is 62.5 Å². The number of nitrogens with two attached hydrogens (primary N) is 2. The molecule has 2 aromatic heterocycles. The van der Waals surface area contributed by atoms with Gasteiger partial charge in [-0.05, 0) is 56.2 Å². The second kappa shape index (κ2) is 12.9. The molecule has 0 bridgehead atoms. The molecule has 16 heteroatoms. The van der Waals surface area contributed by atoms with Gasteiger partial charge in [-0.25, -0.2) is 23.2 Å². The lowest BCUT2D eigenvalue weighted by Gasteiger charge is -2.30. The fourth-order valence-electron chi connectivity index (χ4n) is 4.30. The molecule has 2 aromatic carbocycles. The zero-order valence-electron chi connectivity index (χ0n) is 23.5. The number of aromatic amines is 1. The van der Waals surface area contributed by atoms with Crippen molar-refractivity contribution in [2.75, 3.05) is 16.8 Å². The molecule has 0 unspecified atom stereocenters. The third-order valence-corrected chi connectivity index (χ3v) is 8.58. The number of carboxylic acids is 1. The molecule has 0 saturated heterocycles. The molecule has 0 aliphatic heterocycles. The maximum absolute atomic E-state index is 13.2. The van der Waals surface area contributed by atoms with Crippen LogP contribution < -0.4 is 27.7 Å². The Kier molecular flexibility index (Phi) is 9.23. The SMILES string of the molecule is Cc1ccc(S(=O)(=O)CC[C@@](CCC(N)=O)(NC(=O)c2ccc(NCc3cnc4nc(N)[nH]c(=O)c4n3)cc2)C(=O)O)cc1. The number of amides is 2. The second-order valence-corrected chi connectivity index (χ2v) is 12.2. The van der Waals surface area contributed by atoms with E-state index in [2.05, 4.69) is 30.6 Å². The number of H-pyrrole nitrogens is 1. The Balaban J connectivity index is 1.48. The molecule has 4 aromatic rings. The van der Waals surface area contributed by atoms with E-state index in [4.69, 9.17) is 11.5 Å². The van der Waals surface area contributed by atoms with Gasteiger partial charge in [-0.15, -0.1) is 0 Å². The molecule has 0 fully saturated rings. The minimum Gasteiger partial charge on any atom is -0.480 e. The van der Waals surface area contributed by atoms with E-state index >= 15 is 0 Å². The van der Waals surface area contributed by atoms with Crippen LogP contribution in [0.15, 0.2) is 64.4 Å². The van der Waals surface area contributed by atoms with Crippen molar-refractivity contribution in [1.82, 2.24) is 25.3 Å². The molecule has 0 aliphatic rings. The predicted molar refractivity (Wildman–Crippen MR) is 160 cm³/mol. The molecule has 4 rings (SSSR count). The Hall–Kier alpha value is -5.38. The van der Waals surface area contributed by atoms with Crippen molar-refractivity contribution >= 4 is 50.4 Å². The van der Waals surface area contributed by atoms with Crippen LogP contribution in [0.25, 0.3) is 11.2 Å². The number of hydrogen-bond acceptors (Lipinski definition) is 11. The van der Waals surface area contributed by atoms with Gasteiger partial charge in [0, 0.05) is 17.7 Å². The standard InChI is InChI=1S/C28H30N8O7S/c1-16-2-8-20(9-3-16)44(42,43)13-12-28(26(40)41,11-10-21(29)37)36-24(38)17-4-6-18(7-5-17)31-14-19-15-32-23-22(33-19)25(39)35-27(30)34-23/h2-9,15,31H,10-14H2,1H3,(H2,29,37)(H,36,38)(H,40,41)(H3,30,32,34,35,39)/t28-/m1/s1. The van der Waals surface area contributed by atoms with E-state index in [1.165, 1.54) is 30.5 Å². The third-order valence-electron chi connectivity index (χ3n) is 6.84. The molecule has 2 amide bonds. The lowest BCUT2D eigenvalue weighted by Crippen LogP contribution is -2.55. The van der Waals surface area contributed by atoms with Crippen LogP contribution in [0.5, 0.6) is 0 Å². The van der Waals surface area contributed by atoms with Crippen molar-refractivity contribution in [3.8, 4) is 0 Å². The quantitative estimate of drug-likeness (QED) is 0.122. The third kappa shape index (κ3) is 7.52. The predicted octanol–water partition coefficient (Wildman–Crippen LogP) is 0.899. The summed E-state index contributed by atoms with van der Waals surface area (Å²) in [5.41, 5.74) is 10.2. The molecular formula is C28H30N8O7S. The largest absolute Gasteiger partial charge is 0.480 e. The number of fused-ring (bicyclic) bond motifs is 1. The Morgan fingerprint density at radius 2 is 1.70 bits per heavy atom. The number of nitrogens with zero attached hydrogens (tertiary/aromatic N) is 3. The first-order valence-electron chi connectivity index (χ1n) is 13.3. The summed E-state index contributed by atoms with van der Waals surface area (Å²) in [7, 11) is -3.91. The molecule has 0 radical (unpaired) electrons. The fourth-order valence-corrected chi connectivity index (χ4v) is 5.71. The minimum absolute atomic E-state index is 0.00883. The number of aliphatic carboxylic acids is 1. The molecule has 0 saturated carbocycles. The minimum atomic E-state index is -3.91. The number of benzene rings is 2. The van der Waals surface area contributed by atoms with E-state index in [1.54, 1.807) is 31.2 Å². The first kappa shape index (κ1) is 31.6. The Morgan fingerprint density at radius 1 is 1.02 bits per heavy atom. The van der Waals surface area contributed by atoms with E-state index in [-0.39, 0.29) is 34.1 Å². The van der Waals surface area contributed by atoms with Gasteiger partial charge in [0.1, 0.15) is 5.54 Å². The fraction of sp³-hybridized carbons (Fsp3) is 0.250. The lowest BCUT2D eigenvalue weighted by molar-refractivity contribution is -0.145. The molecule has 15 nitrogen and oxygen atoms in total. The number of nitrogens with one attached hydrogen (secondary N) is 3. The number of aromatic nitrogens is 4. The summed E-state index contributed by atoms with van der Waals surface area (Å²) in [6.07, 6.45) is 0.117. The monoisotopic (exact) mass is 622 g/mol. The number of primary amides is 1. The first-order valence-corrected chi connectivity index (χ1v) is 14.9. The first-order chi connectivity index (χ1) is 20.8. The van der Waals surface area contributed by atoms with Crippen molar-refractivity contribution in [3.63, 3.8) is 0 Å². The van der Waals surface area contributed by atoms with Crippen LogP contribution in [0.2, 0.25) is 0 Å². The normalized spacial score (nSPS) is 12.8. The topological polar surface area (TPSA) is 253 Å². The highest BCUT2D eigenvalue weighted by Crippen LogP contribution is 2.24. The van der Waals surface area contributed by atoms with E-state index in [9.17, 15) is 32.7 Å². The molecule has 44 heavy (non-hydrogen) atoms. The van der Waals surface area contributed by atoms with Crippen LogP contribution >= 0.6 is 0 Å². The van der Waals surface area contributed by atoms with Crippen molar-refractivity contribution < 1.29 is 27.9 Å². The highest BCUT2D eigenvalue weighted by Gasteiger charge is 2.41. The summed E-state index contributed by atoms with van der Waals surface area (Å²) < 4.78 is 25.9. The summed E-state index contributed by atoms with van der Waals surface area (Å²) in [6, 6.07) is 12.1. The number of hydrogen-bond donors (Lipinski definition) is 6. The molecule has 230 valence electrons. The Morgan fingerprint density at radius 3 is 2.34 bits per heavy atom. The van der Waals surface area contributed by atoms with Crippen LogP contribution in [0, 0.1) is 6.92 Å². The van der Waals surface area contributed by atoms with E-state index in [0.717, 1.165) is 5.56 Å². The van der Waals surface area contributed by atoms with Gasteiger partial charge >= 0.3 is 5.97 Å². The number of anilines is 2. The maximum Gasteiger partial charge on any atom is 0.329 e. The molecule has 0 spiro atoms. The van der Waals surface area contributed by atoms with Crippen LogP contribution in [0.1, 0.15) is 40.9 Å². The highest BCUT2D eigenvalue weighted by atomic mass is 32.2. The zero-order valence-corrected chi connectivity index (χ0v) is 24.3. The smallest absolute Gasteiger partial charge is 0.329 e. The number of carbonyl (C=O) groups excluding carboxylic acids is 2. The van der Waals surface area contributed by atoms with Crippen molar-refractivity contribution in [1.29, 1.82) is 0 Å². The van der Waals surface area contributed by atoms with Gasteiger partial charge in [-0.1, -0.05) is 17.7 Å². The number of sulfone groups is 1. The van der Waals surface area contributed by atoms with E-state index in [1.807, 2.05) is 0 Å². The highest BCUT2D eigenvalue weighted by molar-refractivity contribution is 7.91. The second-order valence-electron chi connectivity index (χ2n) is 10.1. The number of rotatable bonds is 13. The van der Waals surface area contributed by atoms with E-state index < -0.39 is 63.7 Å². The molecule has 2 heterocycles. The zero-order chi connectivity index (χ0) is 32.1. The summed E-state index contributed by atoms with van der Waals surface area (Å²) >= 11 is 0. The summed E-state index contributed by atoms with van der Waals surface area (Å²) in [6.45, 7) is 1.97. The average molecular weight is 623 g/mol. The molecule has 1 atom stereocenters. The van der Waals surface area contributed by atoms with Gasteiger partial charge in [0.25, 0.3) is 11.5 Å². The van der Waals surface area contributed by atoms with Gasteiger partial charge in [0.05, 0.1) is 29.1 Å². The van der Waals surface area contributed by atoms with Crippen LogP contribution in [0.3, 0.4) is 0 Å². The van der Waals surface area contributed by atoms with E-state index in [0.29, 0.717) is 11.4 Å². The summed E-state index contributed by atoms with van der Waals surface area (Å²) in [5.74, 6) is -3.77. The van der Waals surface area contributed by atoms with Crippen molar-refractivity contribution in [2.45, 2.75) is 43.2 Å². The van der Waals surface area contributed by atoms with Gasteiger partial charge in [0.2, 0.25) is 11.9 Å². The summed E-state index contributed by atoms with van der Waals surface area (Å²) in [5, 5.41) is 15.7. The van der Waals surface area contributed by atoms with Gasteiger partial charge in [0.15, 0.2) is 21.0 Å².